The lowest BCUT2D eigenvalue weighted by Gasteiger charge is -2.38. The van der Waals surface area contributed by atoms with Crippen LogP contribution in [-0.2, 0) is 0 Å². The maximum absolute atomic E-state index is 13.7. The number of carbonyl (C=O) groups excluding carboxylic acids is 2. The van der Waals surface area contributed by atoms with Gasteiger partial charge in [0.25, 0.3) is 0 Å². The number of ether oxygens (including phenoxy) is 10. The number of fused-ring (bicyclic) bond motifs is 8. The number of nitrogens with zero attached hydrogens (tertiary/aromatic N) is 2. The van der Waals surface area contributed by atoms with Gasteiger partial charge in [-0.25, -0.2) is 0 Å². The van der Waals surface area contributed by atoms with Crippen LogP contribution >= 0.6 is 0 Å². The Morgan fingerprint density at radius 1 is 0.692 bits per heavy atom. The second-order valence-corrected chi connectivity index (χ2v) is 16.4. The molecule has 9 rings (SSSR count). The molecule has 0 aliphatic carbocycles. The molecule has 0 saturated carbocycles. The fourth-order valence-electron chi connectivity index (χ4n) is 8.20. The lowest BCUT2D eigenvalue weighted by atomic mass is 9.81. The van der Waals surface area contributed by atoms with E-state index in [-0.39, 0.29) is 64.5 Å². The van der Waals surface area contributed by atoms with Gasteiger partial charge >= 0.3 is 11.4 Å². The van der Waals surface area contributed by atoms with Crippen molar-refractivity contribution in [3.63, 3.8) is 0 Å². The topological polar surface area (TPSA) is 213 Å². The number of nitro groups is 2. The highest BCUT2D eigenvalue weighted by Crippen LogP contribution is 2.53. The Bertz CT molecular complexity index is 2800. The number of carbonyl (C=O) groups is 2. The van der Waals surface area contributed by atoms with E-state index >= 15 is 0 Å². The van der Waals surface area contributed by atoms with E-state index in [1.807, 2.05) is 0 Å². The molecule has 2 atom stereocenters. The molecule has 0 saturated heterocycles. The molecule has 18 heteroatoms. The van der Waals surface area contributed by atoms with Crippen LogP contribution in [-0.4, -0.2) is 87.5 Å². The molecule has 0 spiro atoms. The Hall–Kier alpha value is -7.76. The first-order valence-electron chi connectivity index (χ1n) is 20.2. The molecule has 5 heterocycles. The largest absolute Gasteiger partial charge is 0.495 e. The smallest absolute Gasteiger partial charge is 0.312 e. The van der Waals surface area contributed by atoms with Crippen LogP contribution in [0.25, 0.3) is 18.2 Å². The lowest BCUT2D eigenvalue weighted by Crippen LogP contribution is -2.43. The summed E-state index contributed by atoms with van der Waals surface area (Å²) < 4.78 is 56.4. The first kappa shape index (κ1) is 43.9. The predicted molar refractivity (Wildman–Crippen MR) is 234 cm³/mol. The van der Waals surface area contributed by atoms with Crippen LogP contribution in [0.3, 0.4) is 0 Å². The summed E-state index contributed by atoms with van der Waals surface area (Å²) in [6, 6.07) is 9.18. The Balaban J connectivity index is 0.000000177. The van der Waals surface area contributed by atoms with E-state index < -0.39 is 38.9 Å². The molecular formula is C47H44N2O16. The Morgan fingerprint density at radius 2 is 1.25 bits per heavy atom. The average Bonchev–Trinajstić information content (AvgIpc) is 3.28. The molecule has 0 fully saturated rings. The SMILES string of the molecule is COc1cc2c(cc1OC)OCC(C(=O)c1cc([N+](=O)[O-])c3c(c1OC)C=CC(C)(C)O3)=C2.COc1cc2c(cc1OC)[C@@H]1C(=O)c3cc([N+](=O)[O-])c4c(c3O[C@@H]1CO2)C=CC(C)(C)O4. The molecule has 4 aromatic carbocycles. The second kappa shape index (κ2) is 16.4. The van der Waals surface area contributed by atoms with E-state index in [9.17, 15) is 29.8 Å². The van der Waals surface area contributed by atoms with Crippen LogP contribution in [0.1, 0.15) is 76.6 Å². The maximum atomic E-state index is 13.7. The minimum absolute atomic E-state index is 0.0191. The molecule has 0 radical (unpaired) electrons. The van der Waals surface area contributed by atoms with Gasteiger partial charge in [0.05, 0.1) is 73.6 Å². The zero-order chi connectivity index (χ0) is 46.7. The highest BCUT2D eigenvalue weighted by atomic mass is 16.6. The van der Waals surface area contributed by atoms with Crippen LogP contribution < -0.4 is 47.4 Å². The van der Waals surface area contributed by atoms with E-state index in [2.05, 4.69) is 0 Å². The number of rotatable bonds is 9. The molecule has 0 N–H and O–H groups in total. The number of nitro benzene ring substituents is 2. The van der Waals surface area contributed by atoms with Gasteiger partial charge in [-0.1, -0.05) is 0 Å². The lowest BCUT2D eigenvalue weighted by molar-refractivity contribution is -0.386. The van der Waals surface area contributed by atoms with Crippen molar-refractivity contribution in [3.8, 4) is 57.5 Å². The predicted octanol–water partition coefficient (Wildman–Crippen LogP) is 8.38. The highest BCUT2D eigenvalue weighted by molar-refractivity contribution is 6.15. The van der Waals surface area contributed by atoms with Crippen molar-refractivity contribution in [3.05, 3.63) is 108 Å². The molecule has 18 nitrogen and oxygen atoms in total. The van der Waals surface area contributed by atoms with Crippen LogP contribution in [0, 0.1) is 20.2 Å². The second-order valence-electron chi connectivity index (χ2n) is 16.4. The van der Waals surface area contributed by atoms with E-state index in [0.29, 0.717) is 62.3 Å². The standard InChI is InChI=1S/C24H23NO8.C23H21NO8/c1-24(2)7-6-15-22(31-5)16(10-17(25(27)28)23(15)33-24)21(26)14-8-13-9-19(29-3)20(30-4)11-18(13)32-12-14;1-23(2)6-5-11-21-13(7-14(24(26)27)22(11)32-23)20(25)19-12-8-16(28-3)17(29-4)9-15(12)30-10-18(19)31-21/h6-11H,12H2,1-5H3;5-9,18-19H,10H2,1-4H3/t;18-,19+/m.1/s1. The molecule has 5 aliphatic heterocycles. The number of Topliss-reactive ketones (excluding diaryl/α,β-unsaturated/α-hetero) is 2. The number of hydrogen-bond acceptors (Lipinski definition) is 16. The number of ketones is 2. The summed E-state index contributed by atoms with van der Waals surface area (Å²) in [7, 11) is 7.46. The molecule has 0 bridgehead atoms. The Morgan fingerprint density at radius 3 is 1.85 bits per heavy atom. The molecule has 0 unspecified atom stereocenters. The molecule has 4 aromatic rings. The van der Waals surface area contributed by atoms with E-state index in [4.69, 9.17) is 47.4 Å². The van der Waals surface area contributed by atoms with Crippen LogP contribution in [0.15, 0.2) is 54.1 Å². The molecule has 65 heavy (non-hydrogen) atoms. The van der Waals surface area contributed by atoms with Crippen molar-refractivity contribution < 1.29 is 66.8 Å². The van der Waals surface area contributed by atoms with Gasteiger partial charge < -0.3 is 47.4 Å². The van der Waals surface area contributed by atoms with Crippen LogP contribution in [0.4, 0.5) is 11.4 Å². The summed E-state index contributed by atoms with van der Waals surface area (Å²) in [5.74, 6) is 2.14. The van der Waals surface area contributed by atoms with Crippen LogP contribution in [0.5, 0.6) is 57.5 Å². The van der Waals surface area contributed by atoms with E-state index in [1.165, 1.54) is 47.7 Å². The van der Waals surface area contributed by atoms with Gasteiger partial charge in [-0.05, 0) is 70.2 Å². The molecule has 0 amide bonds. The van der Waals surface area contributed by atoms with Crippen molar-refractivity contribution in [1.29, 1.82) is 0 Å². The molecule has 0 aromatic heterocycles. The van der Waals surface area contributed by atoms with E-state index in [0.717, 1.165) is 0 Å². The van der Waals surface area contributed by atoms with Crippen molar-refractivity contribution in [1.82, 2.24) is 0 Å². The summed E-state index contributed by atoms with van der Waals surface area (Å²) in [4.78, 5) is 49.7. The fraction of sp³-hybridized carbons (Fsp3) is 0.319. The minimum Gasteiger partial charge on any atom is -0.495 e. The van der Waals surface area contributed by atoms with Crippen molar-refractivity contribution in [2.24, 2.45) is 0 Å². The fourth-order valence-corrected chi connectivity index (χ4v) is 8.20. The molecule has 5 aliphatic rings. The summed E-state index contributed by atoms with van der Waals surface area (Å²) >= 11 is 0. The number of benzene rings is 4. The van der Waals surface area contributed by atoms with Crippen molar-refractivity contribution in [2.75, 3.05) is 48.8 Å². The Kier molecular flexibility index (Phi) is 11.1. The van der Waals surface area contributed by atoms with Crippen molar-refractivity contribution in [2.45, 2.75) is 50.9 Å². The first-order chi connectivity index (χ1) is 30.9. The first-order valence-corrected chi connectivity index (χ1v) is 20.2. The van der Waals surface area contributed by atoms with Gasteiger partial charge in [-0.2, -0.15) is 0 Å². The quantitative estimate of drug-likeness (QED) is 0.0877. The Labute approximate surface area is 372 Å². The van der Waals surface area contributed by atoms with Gasteiger partial charge in [-0.3, -0.25) is 29.8 Å². The third-order valence-corrected chi connectivity index (χ3v) is 11.3. The van der Waals surface area contributed by atoms with Crippen LogP contribution in [0.2, 0.25) is 0 Å². The normalized spacial score (nSPS) is 18.4. The van der Waals surface area contributed by atoms with Gasteiger partial charge in [0.2, 0.25) is 11.5 Å². The molecule has 338 valence electrons. The highest BCUT2D eigenvalue weighted by Gasteiger charge is 2.47. The van der Waals surface area contributed by atoms with Gasteiger partial charge in [0, 0.05) is 41.0 Å². The third kappa shape index (κ3) is 7.74. The monoisotopic (exact) mass is 892 g/mol. The van der Waals surface area contributed by atoms with Gasteiger partial charge in [0.15, 0.2) is 34.6 Å². The zero-order valence-electron chi connectivity index (χ0n) is 36.8. The average molecular weight is 893 g/mol. The summed E-state index contributed by atoms with van der Waals surface area (Å²) in [6.45, 7) is 7.28. The van der Waals surface area contributed by atoms with Crippen molar-refractivity contribution >= 4 is 41.2 Å². The molecular weight excluding hydrogens is 849 g/mol. The summed E-state index contributed by atoms with van der Waals surface area (Å²) in [5, 5.41) is 23.6. The van der Waals surface area contributed by atoms with Gasteiger partial charge in [-0.15, -0.1) is 0 Å². The van der Waals surface area contributed by atoms with E-state index in [1.54, 1.807) is 82.3 Å². The zero-order valence-corrected chi connectivity index (χ0v) is 36.8. The third-order valence-electron chi connectivity index (χ3n) is 11.3. The minimum atomic E-state index is -0.738. The van der Waals surface area contributed by atoms with Gasteiger partial charge in [0.1, 0.15) is 53.5 Å². The maximum Gasteiger partial charge on any atom is 0.312 e. The number of hydrogen-bond donors (Lipinski definition) is 0. The summed E-state index contributed by atoms with van der Waals surface area (Å²) in [6.07, 6.45) is 8.00. The number of methoxy groups -OCH3 is 5. The summed E-state index contributed by atoms with van der Waals surface area (Å²) in [5.41, 5.74) is 0.402.